The summed E-state index contributed by atoms with van der Waals surface area (Å²) in [6.45, 7) is 1.86. The van der Waals surface area contributed by atoms with Gasteiger partial charge in [-0.05, 0) is 24.6 Å². The predicted octanol–water partition coefficient (Wildman–Crippen LogP) is -0.255. The number of hydrogen-bond donors (Lipinski definition) is 3. The second-order valence-electron chi connectivity index (χ2n) is 3.26. The first-order valence-electron chi connectivity index (χ1n) is 4.36. The number of nitrogens with zero attached hydrogens (tertiary/aromatic N) is 1. The third-order valence-corrected chi connectivity index (χ3v) is 2.11. The van der Waals surface area contributed by atoms with Gasteiger partial charge in [0.2, 0.25) is 0 Å². The third kappa shape index (κ3) is 1.45. The molecule has 4 N–H and O–H groups in total. The highest BCUT2D eigenvalue weighted by atomic mass is 16.2. The number of benzene rings is 1. The topological polar surface area (TPSA) is 96.7 Å². The molecular weight excluding hydrogens is 196 g/mol. The fourth-order valence-electron chi connectivity index (χ4n) is 1.38. The molecule has 0 fully saturated rings. The average molecular weight is 206 g/mol. The van der Waals surface area contributed by atoms with Crippen LogP contribution in [0.3, 0.4) is 0 Å². The van der Waals surface area contributed by atoms with Gasteiger partial charge in [-0.15, -0.1) is 0 Å². The minimum atomic E-state index is -0.530. The summed E-state index contributed by atoms with van der Waals surface area (Å²) in [6, 6.07) is 5.15. The van der Waals surface area contributed by atoms with Gasteiger partial charge in [0.1, 0.15) is 0 Å². The molecule has 0 aliphatic carbocycles. The fourth-order valence-corrected chi connectivity index (χ4v) is 1.38. The molecule has 0 aliphatic heterocycles. The molecule has 1 aromatic heterocycles. The summed E-state index contributed by atoms with van der Waals surface area (Å²) < 4.78 is 0.961. The standard InChI is InChI=1S/C9H10N4O2/c1-5-2-3-6(10)7(4-5)13-8(14)11-12-9(13)15/h2-4H,10H2,1H3,(H,11,14)(H,12,15). The van der Waals surface area contributed by atoms with Crippen molar-refractivity contribution in [2.45, 2.75) is 6.92 Å². The van der Waals surface area contributed by atoms with Crippen LogP contribution in [0.1, 0.15) is 5.56 Å². The zero-order valence-corrected chi connectivity index (χ0v) is 8.07. The number of nitrogen functional groups attached to an aromatic ring is 1. The first-order chi connectivity index (χ1) is 7.09. The number of hydrogen-bond acceptors (Lipinski definition) is 3. The Labute approximate surface area is 84.3 Å². The van der Waals surface area contributed by atoms with E-state index >= 15 is 0 Å². The second kappa shape index (κ2) is 3.16. The minimum absolute atomic E-state index is 0.382. The van der Waals surface area contributed by atoms with Crippen LogP contribution in [-0.4, -0.2) is 14.8 Å². The summed E-state index contributed by atoms with van der Waals surface area (Å²) in [6.07, 6.45) is 0. The quantitative estimate of drug-likeness (QED) is 0.561. The van der Waals surface area contributed by atoms with Crippen LogP contribution in [0.4, 0.5) is 5.69 Å². The number of nitrogens with two attached hydrogens (primary N) is 1. The molecule has 0 saturated carbocycles. The van der Waals surface area contributed by atoms with E-state index in [-0.39, 0.29) is 0 Å². The van der Waals surface area contributed by atoms with Crippen molar-refractivity contribution < 1.29 is 0 Å². The van der Waals surface area contributed by atoms with Crippen LogP contribution in [-0.2, 0) is 0 Å². The number of rotatable bonds is 1. The average Bonchev–Trinajstić information content (AvgIpc) is 2.51. The van der Waals surface area contributed by atoms with E-state index in [4.69, 9.17) is 5.73 Å². The number of aromatic nitrogens is 3. The number of aryl methyl sites for hydroxylation is 1. The normalized spacial score (nSPS) is 10.5. The molecule has 0 saturated heterocycles. The van der Waals surface area contributed by atoms with Gasteiger partial charge < -0.3 is 5.73 Å². The molecule has 15 heavy (non-hydrogen) atoms. The molecule has 0 aliphatic rings. The van der Waals surface area contributed by atoms with E-state index in [2.05, 4.69) is 10.2 Å². The van der Waals surface area contributed by atoms with Gasteiger partial charge in [-0.25, -0.2) is 24.4 Å². The van der Waals surface area contributed by atoms with Crippen LogP contribution in [0.25, 0.3) is 5.69 Å². The summed E-state index contributed by atoms with van der Waals surface area (Å²) in [5.74, 6) is 0. The Morgan fingerprint density at radius 1 is 1.20 bits per heavy atom. The van der Waals surface area contributed by atoms with Crippen molar-refractivity contribution >= 4 is 5.69 Å². The molecule has 0 bridgehead atoms. The Bertz CT molecular complexity index is 578. The summed E-state index contributed by atoms with van der Waals surface area (Å²) in [4.78, 5) is 22.6. The lowest BCUT2D eigenvalue weighted by molar-refractivity contribution is 0.952. The Morgan fingerprint density at radius 3 is 2.40 bits per heavy atom. The van der Waals surface area contributed by atoms with Crippen LogP contribution < -0.4 is 17.1 Å². The van der Waals surface area contributed by atoms with Crippen LogP contribution in [0.5, 0.6) is 0 Å². The Balaban J connectivity index is 2.79. The Hall–Kier alpha value is -2.24. The number of aromatic amines is 2. The lowest BCUT2D eigenvalue weighted by Crippen LogP contribution is -2.25. The highest BCUT2D eigenvalue weighted by molar-refractivity contribution is 5.58. The van der Waals surface area contributed by atoms with Gasteiger partial charge in [0.15, 0.2) is 0 Å². The molecule has 1 aromatic carbocycles. The Kier molecular flexibility index (Phi) is 1.96. The highest BCUT2D eigenvalue weighted by Crippen LogP contribution is 2.15. The van der Waals surface area contributed by atoms with Crippen LogP contribution in [0, 0.1) is 6.92 Å². The van der Waals surface area contributed by atoms with Gasteiger partial charge in [-0.2, -0.15) is 0 Å². The molecule has 0 radical (unpaired) electrons. The number of H-pyrrole nitrogens is 2. The zero-order valence-electron chi connectivity index (χ0n) is 8.07. The number of anilines is 1. The molecule has 0 spiro atoms. The zero-order chi connectivity index (χ0) is 11.0. The lowest BCUT2D eigenvalue weighted by Gasteiger charge is -2.04. The SMILES string of the molecule is Cc1ccc(N)c(-n2c(=O)[nH][nH]c2=O)c1. The monoisotopic (exact) mass is 206 g/mol. The molecule has 78 valence electrons. The van der Waals surface area contributed by atoms with Crippen molar-refractivity contribution in [3.8, 4) is 5.69 Å². The van der Waals surface area contributed by atoms with Crippen LogP contribution >= 0.6 is 0 Å². The van der Waals surface area contributed by atoms with Crippen LogP contribution in [0.2, 0.25) is 0 Å². The largest absolute Gasteiger partial charge is 0.397 e. The summed E-state index contributed by atoms with van der Waals surface area (Å²) in [5.41, 5.74) is 6.33. The molecule has 0 unspecified atom stereocenters. The number of nitrogens with one attached hydrogen (secondary N) is 2. The van der Waals surface area contributed by atoms with Gasteiger partial charge in [-0.1, -0.05) is 6.07 Å². The third-order valence-electron chi connectivity index (χ3n) is 2.11. The maximum atomic E-state index is 11.3. The van der Waals surface area contributed by atoms with Gasteiger partial charge >= 0.3 is 11.4 Å². The Morgan fingerprint density at radius 2 is 1.80 bits per heavy atom. The summed E-state index contributed by atoms with van der Waals surface area (Å²) in [7, 11) is 0. The summed E-state index contributed by atoms with van der Waals surface area (Å²) in [5, 5.41) is 4.39. The predicted molar refractivity (Wildman–Crippen MR) is 56.2 cm³/mol. The van der Waals surface area contributed by atoms with E-state index in [0.717, 1.165) is 10.1 Å². The minimum Gasteiger partial charge on any atom is -0.397 e. The molecule has 0 amide bonds. The van der Waals surface area contributed by atoms with E-state index in [1.165, 1.54) is 0 Å². The molecular formula is C9H10N4O2. The first kappa shape index (κ1) is 9.32. The first-order valence-corrected chi connectivity index (χ1v) is 4.36. The lowest BCUT2D eigenvalue weighted by atomic mass is 10.2. The van der Waals surface area contributed by atoms with Gasteiger partial charge in [-0.3, -0.25) is 0 Å². The van der Waals surface area contributed by atoms with Crippen molar-refractivity contribution in [1.29, 1.82) is 0 Å². The van der Waals surface area contributed by atoms with Gasteiger partial charge in [0.25, 0.3) is 0 Å². The van der Waals surface area contributed by atoms with Crippen molar-refractivity contribution in [2.75, 3.05) is 5.73 Å². The fraction of sp³-hybridized carbons (Fsp3) is 0.111. The smallest absolute Gasteiger partial charge is 0.349 e. The van der Waals surface area contributed by atoms with E-state index < -0.39 is 11.4 Å². The molecule has 6 nitrogen and oxygen atoms in total. The molecule has 2 rings (SSSR count). The van der Waals surface area contributed by atoms with Gasteiger partial charge in [0.05, 0.1) is 11.4 Å². The van der Waals surface area contributed by atoms with E-state index in [0.29, 0.717) is 11.4 Å². The molecule has 2 aromatic rings. The van der Waals surface area contributed by atoms with Crippen molar-refractivity contribution in [2.24, 2.45) is 0 Å². The van der Waals surface area contributed by atoms with E-state index in [9.17, 15) is 9.59 Å². The second-order valence-corrected chi connectivity index (χ2v) is 3.26. The van der Waals surface area contributed by atoms with Gasteiger partial charge in [0, 0.05) is 0 Å². The maximum absolute atomic E-state index is 11.3. The van der Waals surface area contributed by atoms with Crippen molar-refractivity contribution in [3.63, 3.8) is 0 Å². The maximum Gasteiger partial charge on any atom is 0.349 e. The summed E-state index contributed by atoms with van der Waals surface area (Å²) >= 11 is 0. The van der Waals surface area contributed by atoms with E-state index in [1.807, 2.05) is 13.0 Å². The highest BCUT2D eigenvalue weighted by Gasteiger charge is 2.08. The molecule has 6 heteroatoms. The van der Waals surface area contributed by atoms with Crippen molar-refractivity contribution in [1.82, 2.24) is 14.8 Å². The van der Waals surface area contributed by atoms with Crippen molar-refractivity contribution in [3.05, 3.63) is 44.7 Å². The molecule has 0 atom stereocenters. The van der Waals surface area contributed by atoms with Crippen LogP contribution in [0.15, 0.2) is 27.8 Å². The van der Waals surface area contributed by atoms with E-state index in [1.54, 1.807) is 12.1 Å². The molecule has 1 heterocycles.